The highest BCUT2D eigenvalue weighted by Crippen LogP contribution is 2.17. The van der Waals surface area contributed by atoms with Gasteiger partial charge in [-0.3, -0.25) is 9.48 Å². The number of nitrogens with two attached hydrogens (primary N) is 1. The lowest BCUT2D eigenvalue weighted by atomic mass is 10.3. The highest BCUT2D eigenvalue weighted by Gasteiger charge is 2.18. The zero-order valence-electron chi connectivity index (χ0n) is 9.60. The molecule has 1 heterocycles. The van der Waals surface area contributed by atoms with E-state index in [1.165, 1.54) is 13.3 Å². The summed E-state index contributed by atoms with van der Waals surface area (Å²) in [4.78, 5) is 11.8. The van der Waals surface area contributed by atoms with E-state index < -0.39 is 0 Å². The monoisotopic (exact) mass is 227 g/mol. The van der Waals surface area contributed by atoms with Crippen molar-refractivity contribution in [3.63, 3.8) is 0 Å². The third kappa shape index (κ3) is 2.80. The first-order valence-electron chi connectivity index (χ1n) is 5.15. The molecule has 1 aromatic heterocycles. The van der Waals surface area contributed by atoms with Crippen LogP contribution in [0, 0.1) is 0 Å². The maximum atomic E-state index is 11.8. The lowest BCUT2D eigenvalue weighted by Gasteiger charge is -2.06. The number of carbonyl (C=O) groups is 1. The molecule has 0 spiro atoms. The van der Waals surface area contributed by atoms with Crippen molar-refractivity contribution < 1.29 is 14.3 Å². The number of ketones is 1. The van der Waals surface area contributed by atoms with E-state index in [1.807, 2.05) is 6.92 Å². The van der Waals surface area contributed by atoms with Gasteiger partial charge in [-0.15, -0.1) is 0 Å². The fraction of sp³-hybridized carbons (Fsp3) is 0.600. The summed E-state index contributed by atoms with van der Waals surface area (Å²) in [6.07, 6.45) is 1.53. The van der Waals surface area contributed by atoms with Crippen molar-refractivity contribution >= 4 is 5.78 Å². The van der Waals surface area contributed by atoms with E-state index in [0.29, 0.717) is 31.1 Å². The molecule has 0 bridgehead atoms. The quantitative estimate of drug-likeness (QED) is 0.526. The summed E-state index contributed by atoms with van der Waals surface area (Å²) in [5.74, 6) is 0.327. The fourth-order valence-corrected chi connectivity index (χ4v) is 1.36. The Bertz CT molecular complexity index is 328. The summed E-state index contributed by atoms with van der Waals surface area (Å²) in [7, 11) is 1.51. The molecule has 0 saturated carbocycles. The molecule has 1 aromatic rings. The van der Waals surface area contributed by atoms with Crippen LogP contribution in [0.5, 0.6) is 5.75 Å². The molecule has 1 rings (SSSR count). The van der Waals surface area contributed by atoms with Gasteiger partial charge in [0.2, 0.25) is 5.78 Å². The van der Waals surface area contributed by atoms with Crippen LogP contribution in [-0.2, 0) is 11.3 Å². The highest BCUT2D eigenvalue weighted by atomic mass is 16.5. The Morgan fingerprint density at radius 2 is 2.38 bits per heavy atom. The lowest BCUT2D eigenvalue weighted by molar-refractivity contribution is 0.0760. The predicted octanol–water partition coefficient (Wildman–Crippen LogP) is 0.0696. The van der Waals surface area contributed by atoms with Crippen molar-refractivity contribution in [2.45, 2.75) is 13.5 Å². The Kier molecular flexibility index (Phi) is 4.94. The molecule has 90 valence electrons. The zero-order valence-corrected chi connectivity index (χ0v) is 9.60. The average molecular weight is 227 g/mol. The first kappa shape index (κ1) is 12.7. The number of carbonyl (C=O) groups excluding carboxylic acids is 1. The first-order chi connectivity index (χ1) is 7.74. The van der Waals surface area contributed by atoms with Gasteiger partial charge in [0.25, 0.3) is 0 Å². The molecule has 0 fully saturated rings. The van der Waals surface area contributed by atoms with E-state index in [4.69, 9.17) is 15.2 Å². The number of methoxy groups -OCH3 is 1. The first-order valence-corrected chi connectivity index (χ1v) is 5.15. The molecule has 0 aromatic carbocycles. The van der Waals surface area contributed by atoms with Crippen LogP contribution in [0.4, 0.5) is 0 Å². The molecule has 0 aliphatic rings. The number of hydrogen-bond acceptors (Lipinski definition) is 5. The van der Waals surface area contributed by atoms with Crippen molar-refractivity contribution in [3.05, 3.63) is 11.9 Å². The van der Waals surface area contributed by atoms with E-state index in [2.05, 4.69) is 5.10 Å². The van der Waals surface area contributed by atoms with Crippen LogP contribution in [0.1, 0.15) is 17.4 Å². The molecule has 0 amide bonds. The molecule has 16 heavy (non-hydrogen) atoms. The number of aryl methyl sites for hydroxylation is 1. The molecular formula is C10H17N3O3. The van der Waals surface area contributed by atoms with Crippen LogP contribution in [0.25, 0.3) is 0 Å². The summed E-state index contributed by atoms with van der Waals surface area (Å²) in [5, 5.41) is 4.05. The van der Waals surface area contributed by atoms with Gasteiger partial charge in [-0.25, -0.2) is 0 Å². The maximum Gasteiger partial charge on any atom is 0.210 e. The molecular weight excluding hydrogens is 210 g/mol. The standard InChI is InChI=1S/C10H17N3O3/c1-3-13-10(9(15-2)6-12-13)8(14)7-16-5-4-11/h6H,3-5,7,11H2,1-2H3. The zero-order chi connectivity index (χ0) is 12.0. The SMILES string of the molecule is CCn1ncc(OC)c1C(=O)COCCN. The van der Waals surface area contributed by atoms with Gasteiger partial charge in [0, 0.05) is 13.1 Å². The van der Waals surface area contributed by atoms with Gasteiger partial charge in [0.05, 0.1) is 19.9 Å². The Labute approximate surface area is 94.3 Å². The molecule has 0 radical (unpaired) electrons. The van der Waals surface area contributed by atoms with Crippen LogP contribution in [-0.4, -0.2) is 42.4 Å². The van der Waals surface area contributed by atoms with Crippen molar-refractivity contribution in [1.29, 1.82) is 0 Å². The molecule has 0 saturated heterocycles. The smallest absolute Gasteiger partial charge is 0.210 e. The molecule has 6 heteroatoms. The van der Waals surface area contributed by atoms with E-state index in [1.54, 1.807) is 4.68 Å². The Morgan fingerprint density at radius 3 is 2.94 bits per heavy atom. The van der Waals surface area contributed by atoms with Crippen LogP contribution in [0.3, 0.4) is 0 Å². The average Bonchev–Trinajstić information content (AvgIpc) is 2.71. The molecule has 0 atom stereocenters. The van der Waals surface area contributed by atoms with Gasteiger partial charge in [0.1, 0.15) is 12.3 Å². The van der Waals surface area contributed by atoms with Gasteiger partial charge >= 0.3 is 0 Å². The molecule has 0 aliphatic carbocycles. The number of aromatic nitrogens is 2. The van der Waals surface area contributed by atoms with Gasteiger partial charge in [-0.2, -0.15) is 5.10 Å². The number of nitrogens with zero attached hydrogens (tertiary/aromatic N) is 2. The van der Waals surface area contributed by atoms with Crippen molar-refractivity contribution in [2.75, 3.05) is 26.9 Å². The minimum Gasteiger partial charge on any atom is -0.493 e. The van der Waals surface area contributed by atoms with E-state index in [9.17, 15) is 4.79 Å². The number of hydrogen-bond donors (Lipinski definition) is 1. The summed E-state index contributed by atoms with van der Waals surface area (Å²) < 4.78 is 11.8. The second-order valence-corrected chi connectivity index (χ2v) is 3.14. The van der Waals surface area contributed by atoms with E-state index >= 15 is 0 Å². The summed E-state index contributed by atoms with van der Waals surface area (Å²) in [6, 6.07) is 0. The van der Waals surface area contributed by atoms with Crippen LogP contribution >= 0.6 is 0 Å². The predicted molar refractivity (Wildman–Crippen MR) is 58.7 cm³/mol. The topological polar surface area (TPSA) is 79.4 Å². The van der Waals surface area contributed by atoms with Gasteiger partial charge < -0.3 is 15.2 Å². The third-order valence-electron chi connectivity index (χ3n) is 2.08. The second kappa shape index (κ2) is 6.24. The lowest BCUT2D eigenvalue weighted by Crippen LogP contribution is -2.18. The highest BCUT2D eigenvalue weighted by molar-refractivity contribution is 5.98. The summed E-state index contributed by atoms with van der Waals surface area (Å²) in [5.41, 5.74) is 5.71. The molecule has 0 unspecified atom stereocenters. The Morgan fingerprint density at radius 1 is 1.62 bits per heavy atom. The summed E-state index contributed by atoms with van der Waals surface area (Å²) >= 11 is 0. The Balaban J connectivity index is 2.75. The van der Waals surface area contributed by atoms with Crippen molar-refractivity contribution in [2.24, 2.45) is 5.73 Å². The number of ether oxygens (including phenoxy) is 2. The van der Waals surface area contributed by atoms with Crippen LogP contribution < -0.4 is 10.5 Å². The second-order valence-electron chi connectivity index (χ2n) is 3.14. The maximum absolute atomic E-state index is 11.8. The normalized spacial score (nSPS) is 10.4. The van der Waals surface area contributed by atoms with Gasteiger partial charge in [0.15, 0.2) is 5.75 Å². The van der Waals surface area contributed by atoms with Crippen LogP contribution in [0.15, 0.2) is 6.20 Å². The van der Waals surface area contributed by atoms with Gasteiger partial charge in [-0.05, 0) is 6.92 Å². The van der Waals surface area contributed by atoms with E-state index in [-0.39, 0.29) is 12.4 Å². The van der Waals surface area contributed by atoms with Gasteiger partial charge in [-0.1, -0.05) is 0 Å². The van der Waals surface area contributed by atoms with E-state index in [0.717, 1.165) is 0 Å². The minimum atomic E-state index is -0.148. The van der Waals surface area contributed by atoms with Crippen molar-refractivity contribution in [3.8, 4) is 5.75 Å². The minimum absolute atomic E-state index is 0.000741. The molecule has 0 aliphatic heterocycles. The third-order valence-corrected chi connectivity index (χ3v) is 2.08. The van der Waals surface area contributed by atoms with Crippen LogP contribution in [0.2, 0.25) is 0 Å². The van der Waals surface area contributed by atoms with Crippen molar-refractivity contribution in [1.82, 2.24) is 9.78 Å². The number of Topliss-reactive ketones (excluding diaryl/α,β-unsaturated/α-hetero) is 1. The molecule has 2 N–H and O–H groups in total. The molecule has 6 nitrogen and oxygen atoms in total. The number of rotatable bonds is 7. The fourth-order valence-electron chi connectivity index (χ4n) is 1.36. The largest absolute Gasteiger partial charge is 0.493 e. The summed E-state index contributed by atoms with van der Waals surface area (Å²) in [6.45, 7) is 3.29. The Hall–Kier alpha value is -1.40.